The number of aryl methyl sites for hydroxylation is 1. The largest absolute Gasteiger partial charge is 0.462 e. The first-order valence-electron chi connectivity index (χ1n) is 9.44. The highest BCUT2D eigenvalue weighted by molar-refractivity contribution is 8.00. The lowest BCUT2D eigenvalue weighted by atomic mass is 10.1. The molecule has 3 aromatic rings. The molecule has 0 aliphatic rings. The zero-order valence-electron chi connectivity index (χ0n) is 16.8. The van der Waals surface area contributed by atoms with Gasteiger partial charge in [0, 0.05) is 10.5 Å². The number of esters is 1. The van der Waals surface area contributed by atoms with Crippen LogP contribution in [0.5, 0.6) is 0 Å². The van der Waals surface area contributed by atoms with E-state index >= 15 is 0 Å². The number of hydrazone groups is 1. The van der Waals surface area contributed by atoms with Crippen LogP contribution < -0.4 is 5.43 Å². The first-order valence-corrected chi connectivity index (χ1v) is 10.4. The Bertz CT molecular complexity index is 1020. The third kappa shape index (κ3) is 6.09. The second-order valence-electron chi connectivity index (χ2n) is 6.39. The number of hydrogen-bond donors (Lipinski definition) is 1. The van der Waals surface area contributed by atoms with Gasteiger partial charge in [-0.3, -0.25) is 4.79 Å². The van der Waals surface area contributed by atoms with Crippen LogP contribution in [0.2, 0.25) is 0 Å². The molecule has 0 saturated carbocycles. The molecule has 154 valence electrons. The molecule has 0 atom stereocenters. The van der Waals surface area contributed by atoms with Gasteiger partial charge in [0.05, 0.1) is 24.1 Å². The molecule has 1 aromatic heterocycles. The first-order chi connectivity index (χ1) is 14.5. The maximum absolute atomic E-state index is 11.9. The molecule has 0 bridgehead atoms. The lowest BCUT2D eigenvalue weighted by Crippen LogP contribution is -2.19. The summed E-state index contributed by atoms with van der Waals surface area (Å²) in [6.45, 7) is 4.13. The third-order valence-corrected chi connectivity index (χ3v) is 5.09. The molecule has 1 N–H and O–H groups in total. The Morgan fingerprint density at radius 1 is 1.07 bits per heavy atom. The number of nitrogens with one attached hydrogen (secondary N) is 1. The van der Waals surface area contributed by atoms with Gasteiger partial charge < -0.3 is 9.15 Å². The summed E-state index contributed by atoms with van der Waals surface area (Å²) in [5, 5.41) is 3.94. The van der Waals surface area contributed by atoms with Gasteiger partial charge in [0.15, 0.2) is 0 Å². The van der Waals surface area contributed by atoms with Crippen molar-refractivity contribution in [2.24, 2.45) is 5.10 Å². The average molecular weight is 423 g/mol. The molecule has 0 unspecified atom stereocenters. The van der Waals surface area contributed by atoms with Gasteiger partial charge >= 0.3 is 5.97 Å². The maximum Gasteiger partial charge on any atom is 0.338 e. The van der Waals surface area contributed by atoms with Gasteiger partial charge in [-0.25, -0.2) is 10.2 Å². The van der Waals surface area contributed by atoms with E-state index in [-0.39, 0.29) is 17.6 Å². The number of ether oxygens (including phenoxy) is 1. The number of hydrogen-bond acceptors (Lipinski definition) is 6. The fraction of sp³-hybridized carbons (Fsp3) is 0.174. The summed E-state index contributed by atoms with van der Waals surface area (Å²) in [6.07, 6.45) is 1.45. The fourth-order valence-electron chi connectivity index (χ4n) is 2.55. The molecular weight excluding hydrogens is 400 g/mol. The number of rotatable bonds is 8. The van der Waals surface area contributed by atoms with E-state index in [4.69, 9.17) is 9.15 Å². The zero-order chi connectivity index (χ0) is 21.3. The van der Waals surface area contributed by atoms with Crippen LogP contribution in [0.4, 0.5) is 0 Å². The summed E-state index contributed by atoms with van der Waals surface area (Å²) in [7, 11) is 0. The van der Waals surface area contributed by atoms with E-state index in [9.17, 15) is 9.59 Å². The lowest BCUT2D eigenvalue weighted by molar-refractivity contribution is -0.118. The molecular formula is C23H22N2O4S. The van der Waals surface area contributed by atoms with Crippen molar-refractivity contribution in [3.8, 4) is 11.3 Å². The number of nitrogens with zero attached hydrogens (tertiary/aromatic N) is 1. The van der Waals surface area contributed by atoms with Crippen LogP contribution in [-0.2, 0) is 9.53 Å². The van der Waals surface area contributed by atoms with Crippen molar-refractivity contribution in [2.75, 3.05) is 12.4 Å². The summed E-state index contributed by atoms with van der Waals surface area (Å²) in [5.41, 5.74) is 4.98. The van der Waals surface area contributed by atoms with E-state index in [0.717, 1.165) is 10.5 Å². The number of furan rings is 1. The van der Waals surface area contributed by atoms with Crippen LogP contribution in [0.1, 0.15) is 28.6 Å². The van der Waals surface area contributed by atoms with Crippen LogP contribution in [-0.4, -0.2) is 30.5 Å². The topological polar surface area (TPSA) is 80.9 Å². The van der Waals surface area contributed by atoms with E-state index in [0.29, 0.717) is 23.7 Å². The molecule has 0 saturated heterocycles. The lowest BCUT2D eigenvalue weighted by Gasteiger charge is -2.02. The predicted octanol–water partition coefficient (Wildman–Crippen LogP) is 4.67. The molecule has 0 aliphatic carbocycles. The van der Waals surface area contributed by atoms with Crippen molar-refractivity contribution in [1.29, 1.82) is 0 Å². The van der Waals surface area contributed by atoms with E-state index in [1.54, 1.807) is 43.3 Å². The van der Waals surface area contributed by atoms with Gasteiger partial charge in [-0.05, 0) is 50.2 Å². The second-order valence-corrected chi connectivity index (χ2v) is 7.44. The Balaban J connectivity index is 1.51. The van der Waals surface area contributed by atoms with Crippen molar-refractivity contribution in [2.45, 2.75) is 18.7 Å². The Morgan fingerprint density at radius 3 is 2.50 bits per heavy atom. The minimum Gasteiger partial charge on any atom is -0.462 e. The molecule has 6 nitrogen and oxygen atoms in total. The molecule has 30 heavy (non-hydrogen) atoms. The van der Waals surface area contributed by atoms with E-state index in [2.05, 4.69) is 10.5 Å². The second kappa shape index (κ2) is 10.5. The highest BCUT2D eigenvalue weighted by Gasteiger charge is 2.08. The quantitative estimate of drug-likeness (QED) is 0.247. The smallest absolute Gasteiger partial charge is 0.338 e. The number of carbonyl (C=O) groups excluding carboxylic acids is 2. The van der Waals surface area contributed by atoms with Crippen LogP contribution in [0.25, 0.3) is 11.3 Å². The summed E-state index contributed by atoms with van der Waals surface area (Å²) in [4.78, 5) is 24.7. The van der Waals surface area contributed by atoms with Crippen molar-refractivity contribution < 1.29 is 18.7 Å². The Labute approximate surface area is 179 Å². The van der Waals surface area contributed by atoms with Crippen LogP contribution in [0.15, 0.2) is 75.1 Å². The number of thioether (sulfide) groups is 1. The monoisotopic (exact) mass is 422 g/mol. The summed E-state index contributed by atoms with van der Waals surface area (Å²) < 4.78 is 10.7. The SMILES string of the molecule is CCOC(=O)c1ccc(-c2ccc(/C=N\NC(=O)CSc3ccc(C)cc3)o2)cc1. The van der Waals surface area contributed by atoms with Crippen LogP contribution in [0.3, 0.4) is 0 Å². The van der Waals surface area contributed by atoms with Crippen molar-refractivity contribution in [3.05, 3.63) is 77.6 Å². The maximum atomic E-state index is 11.9. The molecule has 0 aliphatic heterocycles. The van der Waals surface area contributed by atoms with Crippen molar-refractivity contribution in [3.63, 3.8) is 0 Å². The van der Waals surface area contributed by atoms with Gasteiger partial charge in [-0.2, -0.15) is 5.10 Å². The molecule has 0 spiro atoms. The minimum atomic E-state index is -0.354. The number of benzene rings is 2. The highest BCUT2D eigenvalue weighted by atomic mass is 32.2. The normalized spacial score (nSPS) is 10.9. The Morgan fingerprint density at radius 2 is 1.80 bits per heavy atom. The average Bonchev–Trinajstić information content (AvgIpc) is 3.22. The molecule has 7 heteroatoms. The fourth-order valence-corrected chi connectivity index (χ4v) is 3.24. The van der Waals surface area contributed by atoms with Gasteiger partial charge in [-0.15, -0.1) is 11.8 Å². The van der Waals surface area contributed by atoms with Gasteiger partial charge in [0.1, 0.15) is 11.5 Å². The summed E-state index contributed by atoms with van der Waals surface area (Å²) in [6, 6.07) is 18.5. The van der Waals surface area contributed by atoms with E-state index in [1.165, 1.54) is 23.5 Å². The minimum absolute atomic E-state index is 0.196. The number of carbonyl (C=O) groups is 2. The molecule has 1 heterocycles. The van der Waals surface area contributed by atoms with Crippen molar-refractivity contribution in [1.82, 2.24) is 5.43 Å². The van der Waals surface area contributed by atoms with Gasteiger partial charge in [0.2, 0.25) is 5.91 Å². The molecule has 0 radical (unpaired) electrons. The highest BCUT2D eigenvalue weighted by Crippen LogP contribution is 2.22. The summed E-state index contributed by atoms with van der Waals surface area (Å²) >= 11 is 1.45. The predicted molar refractivity (Wildman–Crippen MR) is 118 cm³/mol. The molecule has 3 rings (SSSR count). The van der Waals surface area contributed by atoms with E-state index in [1.807, 2.05) is 31.2 Å². The van der Waals surface area contributed by atoms with Crippen LogP contribution in [0, 0.1) is 6.92 Å². The standard InChI is InChI=1S/C23H22N2O4S/c1-3-28-23(27)18-8-6-17(7-9-18)21-13-10-19(29-21)14-24-25-22(26)15-30-20-11-4-16(2)5-12-20/h4-14H,3,15H2,1-2H3,(H,25,26)/b24-14-. The van der Waals surface area contributed by atoms with E-state index < -0.39 is 0 Å². The third-order valence-electron chi connectivity index (χ3n) is 4.08. The molecule has 1 amide bonds. The Hall–Kier alpha value is -3.32. The zero-order valence-corrected chi connectivity index (χ0v) is 17.6. The van der Waals surface area contributed by atoms with Crippen molar-refractivity contribution >= 4 is 29.9 Å². The molecule has 2 aromatic carbocycles. The first kappa shape index (κ1) is 21.4. The Kier molecular flexibility index (Phi) is 7.45. The van der Waals surface area contributed by atoms with Gasteiger partial charge in [-0.1, -0.05) is 29.8 Å². The van der Waals surface area contributed by atoms with Gasteiger partial charge in [0.25, 0.3) is 0 Å². The number of amides is 1. The molecule has 0 fully saturated rings. The summed E-state index contributed by atoms with van der Waals surface area (Å²) in [5.74, 6) is 0.862. The van der Waals surface area contributed by atoms with Crippen LogP contribution >= 0.6 is 11.8 Å².